The molecule has 0 fully saturated rings. The van der Waals surface area contributed by atoms with Gasteiger partial charge in [-0.2, -0.15) is 0 Å². The van der Waals surface area contributed by atoms with Crippen molar-refractivity contribution in [1.82, 2.24) is 9.99 Å². The van der Waals surface area contributed by atoms with Crippen molar-refractivity contribution in [3.05, 3.63) is 45.2 Å². The summed E-state index contributed by atoms with van der Waals surface area (Å²) in [5.41, 5.74) is 5.62. The molecule has 19 heavy (non-hydrogen) atoms. The van der Waals surface area contributed by atoms with E-state index in [2.05, 4.69) is 5.43 Å². The predicted octanol–water partition coefficient (Wildman–Crippen LogP) is 0.917. The number of rotatable bonds is 2. The van der Waals surface area contributed by atoms with E-state index in [0.717, 1.165) is 22.3 Å². The van der Waals surface area contributed by atoms with Gasteiger partial charge in [0.05, 0.1) is 5.52 Å². The second-order valence-corrected chi connectivity index (χ2v) is 4.78. The standard InChI is InChI=1S/C14H17N3O2/c1-8-4-9(2)14-11(5-8)12(18)6-10(3)17(14)7-13(19)16-15/h4-6H,7,15H2,1-3H3,(H,16,19). The van der Waals surface area contributed by atoms with Gasteiger partial charge < -0.3 is 4.57 Å². The molecule has 0 aliphatic heterocycles. The third-order valence-corrected chi connectivity index (χ3v) is 3.21. The quantitative estimate of drug-likeness (QED) is 0.478. The number of carbonyl (C=O) groups excluding carboxylic acids is 1. The van der Waals surface area contributed by atoms with E-state index in [9.17, 15) is 9.59 Å². The SMILES string of the molecule is Cc1cc(C)c2c(c1)c(=O)cc(C)n2CC(=O)NN. The minimum atomic E-state index is -0.298. The van der Waals surface area contributed by atoms with Crippen LogP contribution in [0, 0.1) is 20.8 Å². The average molecular weight is 259 g/mol. The largest absolute Gasteiger partial charge is 0.335 e. The highest BCUT2D eigenvalue weighted by atomic mass is 16.2. The van der Waals surface area contributed by atoms with Gasteiger partial charge in [-0.05, 0) is 38.0 Å². The van der Waals surface area contributed by atoms with Crippen molar-refractivity contribution < 1.29 is 4.79 Å². The Morgan fingerprint density at radius 1 is 1.26 bits per heavy atom. The molecule has 3 N–H and O–H groups in total. The summed E-state index contributed by atoms with van der Waals surface area (Å²) in [7, 11) is 0. The number of fused-ring (bicyclic) bond motifs is 1. The van der Waals surface area contributed by atoms with Crippen molar-refractivity contribution in [2.75, 3.05) is 0 Å². The van der Waals surface area contributed by atoms with Crippen LogP contribution in [0.3, 0.4) is 0 Å². The molecule has 1 heterocycles. The Morgan fingerprint density at radius 3 is 2.58 bits per heavy atom. The molecular formula is C14H17N3O2. The monoisotopic (exact) mass is 259 g/mol. The Kier molecular flexibility index (Phi) is 3.40. The maximum atomic E-state index is 12.1. The van der Waals surface area contributed by atoms with Crippen molar-refractivity contribution >= 4 is 16.8 Å². The summed E-state index contributed by atoms with van der Waals surface area (Å²) in [6, 6.07) is 5.39. The molecule has 0 saturated carbocycles. The Labute approximate surface area is 111 Å². The first kappa shape index (κ1) is 13.3. The van der Waals surface area contributed by atoms with Gasteiger partial charge in [0.15, 0.2) is 5.43 Å². The smallest absolute Gasteiger partial charge is 0.253 e. The van der Waals surface area contributed by atoms with Crippen molar-refractivity contribution in [2.24, 2.45) is 5.84 Å². The molecule has 1 aromatic heterocycles. The maximum Gasteiger partial charge on any atom is 0.253 e. The van der Waals surface area contributed by atoms with Crippen LogP contribution in [0.25, 0.3) is 10.9 Å². The van der Waals surface area contributed by atoms with Gasteiger partial charge in [-0.3, -0.25) is 15.0 Å². The van der Waals surface area contributed by atoms with Gasteiger partial charge in [0, 0.05) is 17.1 Å². The van der Waals surface area contributed by atoms with Crippen LogP contribution < -0.4 is 16.7 Å². The normalized spacial score (nSPS) is 10.7. The number of nitrogens with zero attached hydrogens (tertiary/aromatic N) is 1. The highest BCUT2D eigenvalue weighted by Gasteiger charge is 2.11. The molecule has 0 bridgehead atoms. The van der Waals surface area contributed by atoms with Crippen molar-refractivity contribution in [1.29, 1.82) is 0 Å². The van der Waals surface area contributed by atoms with Crippen LogP contribution in [0.1, 0.15) is 16.8 Å². The molecule has 5 heteroatoms. The number of pyridine rings is 1. The molecule has 5 nitrogen and oxygen atoms in total. The number of hydrogen-bond acceptors (Lipinski definition) is 3. The van der Waals surface area contributed by atoms with Gasteiger partial charge in [0.1, 0.15) is 6.54 Å². The highest BCUT2D eigenvalue weighted by molar-refractivity contribution is 5.85. The number of carbonyl (C=O) groups is 1. The first-order chi connectivity index (χ1) is 8.93. The summed E-state index contributed by atoms with van der Waals surface area (Å²) in [5.74, 6) is 4.83. The Morgan fingerprint density at radius 2 is 1.95 bits per heavy atom. The van der Waals surface area contributed by atoms with E-state index < -0.39 is 0 Å². The van der Waals surface area contributed by atoms with Crippen LogP contribution >= 0.6 is 0 Å². The molecule has 0 radical (unpaired) electrons. The number of nitrogens with one attached hydrogen (secondary N) is 1. The Hall–Kier alpha value is -2.14. The fourth-order valence-corrected chi connectivity index (χ4v) is 2.42. The molecule has 0 aliphatic rings. The van der Waals surface area contributed by atoms with Gasteiger partial charge in [-0.15, -0.1) is 0 Å². The summed E-state index contributed by atoms with van der Waals surface area (Å²) >= 11 is 0. The van der Waals surface area contributed by atoms with Gasteiger partial charge in [0.2, 0.25) is 0 Å². The van der Waals surface area contributed by atoms with Gasteiger partial charge >= 0.3 is 0 Å². The van der Waals surface area contributed by atoms with E-state index in [-0.39, 0.29) is 17.9 Å². The highest BCUT2D eigenvalue weighted by Crippen LogP contribution is 2.19. The van der Waals surface area contributed by atoms with Crippen LogP contribution in [-0.4, -0.2) is 10.5 Å². The zero-order chi connectivity index (χ0) is 14.2. The lowest BCUT2D eigenvalue weighted by Gasteiger charge is -2.16. The van der Waals surface area contributed by atoms with E-state index in [0.29, 0.717) is 5.39 Å². The summed E-state index contributed by atoms with van der Waals surface area (Å²) in [5, 5.41) is 0.632. The van der Waals surface area contributed by atoms with Gasteiger partial charge in [-0.25, -0.2) is 5.84 Å². The lowest BCUT2D eigenvalue weighted by Crippen LogP contribution is -2.34. The maximum absolute atomic E-state index is 12.1. The summed E-state index contributed by atoms with van der Waals surface area (Å²) in [6.45, 7) is 5.79. The minimum absolute atomic E-state index is 0.0243. The van der Waals surface area contributed by atoms with E-state index in [1.165, 1.54) is 0 Å². The number of aryl methyl sites for hydroxylation is 3. The van der Waals surface area contributed by atoms with Crippen LogP contribution in [0.4, 0.5) is 0 Å². The summed E-state index contributed by atoms with van der Waals surface area (Å²) in [6.07, 6.45) is 0. The van der Waals surface area contributed by atoms with Crippen molar-refractivity contribution in [3.63, 3.8) is 0 Å². The number of hydrogen-bond donors (Lipinski definition) is 2. The minimum Gasteiger partial charge on any atom is -0.335 e. The topological polar surface area (TPSA) is 77.1 Å². The first-order valence-corrected chi connectivity index (χ1v) is 6.05. The zero-order valence-corrected chi connectivity index (χ0v) is 11.3. The molecule has 0 spiro atoms. The molecule has 0 aliphatic carbocycles. The molecule has 2 aromatic rings. The van der Waals surface area contributed by atoms with E-state index in [1.807, 2.05) is 37.5 Å². The predicted molar refractivity (Wildman–Crippen MR) is 74.7 cm³/mol. The second kappa shape index (κ2) is 4.85. The van der Waals surface area contributed by atoms with Gasteiger partial charge in [0.25, 0.3) is 5.91 Å². The zero-order valence-electron chi connectivity index (χ0n) is 11.3. The molecule has 0 saturated heterocycles. The first-order valence-electron chi connectivity index (χ1n) is 6.05. The van der Waals surface area contributed by atoms with E-state index >= 15 is 0 Å². The van der Waals surface area contributed by atoms with Crippen molar-refractivity contribution in [2.45, 2.75) is 27.3 Å². The number of amides is 1. The lowest BCUT2D eigenvalue weighted by atomic mass is 10.1. The lowest BCUT2D eigenvalue weighted by molar-refractivity contribution is -0.121. The van der Waals surface area contributed by atoms with Crippen LogP contribution in [0.2, 0.25) is 0 Å². The third-order valence-electron chi connectivity index (χ3n) is 3.21. The Balaban J connectivity index is 2.83. The molecule has 2 rings (SSSR count). The Bertz CT molecular complexity index is 717. The molecule has 0 atom stereocenters. The fourth-order valence-electron chi connectivity index (χ4n) is 2.42. The summed E-state index contributed by atoms with van der Waals surface area (Å²) in [4.78, 5) is 23.6. The number of hydrazine groups is 1. The molecule has 1 amide bonds. The average Bonchev–Trinajstić information content (AvgIpc) is 2.34. The molecule has 100 valence electrons. The van der Waals surface area contributed by atoms with Crippen LogP contribution in [0.15, 0.2) is 23.0 Å². The van der Waals surface area contributed by atoms with Crippen LogP contribution in [-0.2, 0) is 11.3 Å². The number of benzene rings is 1. The number of nitrogens with two attached hydrogens (primary N) is 1. The van der Waals surface area contributed by atoms with Crippen molar-refractivity contribution in [3.8, 4) is 0 Å². The molecular weight excluding hydrogens is 242 g/mol. The van der Waals surface area contributed by atoms with E-state index in [1.54, 1.807) is 6.07 Å². The molecule has 0 unspecified atom stereocenters. The third kappa shape index (κ3) is 2.37. The fraction of sp³-hybridized carbons (Fsp3) is 0.286. The van der Waals surface area contributed by atoms with E-state index in [4.69, 9.17) is 5.84 Å². The number of aromatic nitrogens is 1. The van der Waals surface area contributed by atoms with Crippen LogP contribution in [0.5, 0.6) is 0 Å². The molecule has 1 aromatic carbocycles. The summed E-state index contributed by atoms with van der Waals surface area (Å²) < 4.78 is 1.81. The second-order valence-electron chi connectivity index (χ2n) is 4.78. The van der Waals surface area contributed by atoms with Gasteiger partial charge in [-0.1, -0.05) is 6.07 Å².